The minimum atomic E-state index is -0.354. The van der Waals surface area contributed by atoms with E-state index in [1.807, 2.05) is 37.2 Å². The van der Waals surface area contributed by atoms with Crippen molar-refractivity contribution in [3.8, 4) is 18.2 Å². The van der Waals surface area contributed by atoms with Crippen LogP contribution in [0.1, 0.15) is 39.1 Å². The molecule has 0 aliphatic rings. The Labute approximate surface area is 236 Å². The maximum absolute atomic E-state index is 13.1. The van der Waals surface area contributed by atoms with Crippen molar-refractivity contribution in [3.05, 3.63) is 77.4 Å². The van der Waals surface area contributed by atoms with Crippen LogP contribution in [0.5, 0.6) is 0 Å². The third-order valence-corrected chi connectivity index (χ3v) is 7.56. The largest absolute Gasteiger partial charge is 0.378 e. The van der Waals surface area contributed by atoms with Gasteiger partial charge in [0.2, 0.25) is 0 Å². The molecule has 39 heavy (non-hydrogen) atoms. The van der Waals surface area contributed by atoms with Gasteiger partial charge in [0.05, 0.1) is 35.1 Å². The zero-order valence-corrected chi connectivity index (χ0v) is 23.2. The van der Waals surface area contributed by atoms with Crippen molar-refractivity contribution < 1.29 is 9.59 Å². The molecule has 196 valence electrons. The summed E-state index contributed by atoms with van der Waals surface area (Å²) in [5.74, 6) is 0.356. The first-order chi connectivity index (χ1) is 18.9. The number of hydrogen-bond acceptors (Lipinski definition) is 8. The van der Waals surface area contributed by atoms with Gasteiger partial charge in [-0.2, -0.15) is 15.8 Å². The van der Waals surface area contributed by atoms with Gasteiger partial charge >= 0.3 is 0 Å². The number of amides is 2. The monoisotopic (exact) mass is 554 g/mol. The number of hydrogen-bond donors (Lipinski definition) is 2. The van der Waals surface area contributed by atoms with Crippen molar-refractivity contribution in [1.82, 2.24) is 0 Å². The smallest absolute Gasteiger partial charge is 0.255 e. The molecule has 0 aliphatic carbocycles. The Balaban J connectivity index is 1.95. The van der Waals surface area contributed by atoms with E-state index in [-0.39, 0.29) is 11.8 Å². The van der Waals surface area contributed by atoms with Gasteiger partial charge in [-0.25, -0.2) is 0 Å². The summed E-state index contributed by atoms with van der Waals surface area (Å²) in [5, 5.41) is 33.0. The van der Waals surface area contributed by atoms with Crippen molar-refractivity contribution in [3.63, 3.8) is 0 Å². The molecule has 3 aromatic carbocycles. The second-order valence-electron chi connectivity index (χ2n) is 8.40. The van der Waals surface area contributed by atoms with Crippen LogP contribution in [-0.4, -0.2) is 37.4 Å². The van der Waals surface area contributed by atoms with Crippen LogP contribution in [0.25, 0.3) is 0 Å². The van der Waals surface area contributed by atoms with Gasteiger partial charge in [0.1, 0.15) is 0 Å². The van der Waals surface area contributed by atoms with Gasteiger partial charge in [0.15, 0.2) is 0 Å². The lowest BCUT2D eigenvalue weighted by Crippen LogP contribution is -2.15. The molecule has 0 bridgehead atoms. The predicted octanol–water partition coefficient (Wildman–Crippen LogP) is 6.14. The Morgan fingerprint density at radius 3 is 1.56 bits per heavy atom. The highest BCUT2D eigenvalue weighted by molar-refractivity contribution is 8.00. The number of carbonyl (C=O) groups excluding carboxylic acids is 2. The fourth-order valence-electron chi connectivity index (χ4n) is 3.40. The Bertz CT molecular complexity index is 1450. The van der Waals surface area contributed by atoms with Gasteiger partial charge in [-0.1, -0.05) is 0 Å². The van der Waals surface area contributed by atoms with E-state index in [0.717, 1.165) is 5.69 Å². The molecule has 0 fully saturated rings. The van der Waals surface area contributed by atoms with Gasteiger partial charge in [-0.05, 0) is 60.7 Å². The van der Waals surface area contributed by atoms with Crippen molar-refractivity contribution in [2.45, 2.75) is 22.6 Å². The maximum atomic E-state index is 13.1. The van der Waals surface area contributed by atoms with E-state index in [0.29, 0.717) is 62.2 Å². The molecule has 0 spiro atoms. The number of nitrogens with zero attached hydrogens (tertiary/aromatic N) is 4. The summed E-state index contributed by atoms with van der Waals surface area (Å²) < 4.78 is 0. The quantitative estimate of drug-likeness (QED) is 0.213. The molecule has 0 aromatic heterocycles. The van der Waals surface area contributed by atoms with Crippen LogP contribution in [0.3, 0.4) is 0 Å². The van der Waals surface area contributed by atoms with Crippen molar-refractivity contribution in [2.75, 3.05) is 41.1 Å². The summed E-state index contributed by atoms with van der Waals surface area (Å²) >= 11 is 2.80. The molecule has 2 N–H and O–H groups in total. The first-order valence-corrected chi connectivity index (χ1v) is 13.9. The van der Waals surface area contributed by atoms with E-state index in [1.54, 1.807) is 48.5 Å². The van der Waals surface area contributed by atoms with Gasteiger partial charge in [-0.3, -0.25) is 9.59 Å². The molecule has 0 radical (unpaired) electrons. The molecule has 0 heterocycles. The van der Waals surface area contributed by atoms with Crippen LogP contribution in [0.4, 0.5) is 17.1 Å². The lowest BCUT2D eigenvalue weighted by molar-refractivity contribution is 0.101. The van der Waals surface area contributed by atoms with E-state index < -0.39 is 0 Å². The molecular formula is C29H26N6O2S2. The van der Waals surface area contributed by atoms with E-state index in [4.69, 9.17) is 15.8 Å². The summed E-state index contributed by atoms with van der Waals surface area (Å²) in [7, 11) is 3.85. The van der Waals surface area contributed by atoms with Gasteiger partial charge in [0.25, 0.3) is 11.8 Å². The summed E-state index contributed by atoms with van der Waals surface area (Å²) in [6.07, 6.45) is 0.627. The topological polar surface area (TPSA) is 133 Å². The van der Waals surface area contributed by atoms with Crippen LogP contribution in [0.2, 0.25) is 0 Å². The highest BCUT2D eigenvalue weighted by atomic mass is 32.2. The number of carbonyl (C=O) groups is 2. The number of anilines is 3. The summed E-state index contributed by atoms with van der Waals surface area (Å²) in [5.41, 5.74) is 3.38. The third kappa shape index (κ3) is 8.28. The van der Waals surface area contributed by atoms with Crippen molar-refractivity contribution in [2.24, 2.45) is 0 Å². The molecule has 0 atom stereocenters. The van der Waals surface area contributed by atoms with E-state index >= 15 is 0 Å². The second-order valence-corrected chi connectivity index (χ2v) is 10.7. The fourth-order valence-corrected chi connectivity index (χ4v) is 5.16. The maximum Gasteiger partial charge on any atom is 0.255 e. The average molecular weight is 555 g/mol. The number of nitrogens with one attached hydrogen (secondary N) is 2. The molecule has 0 aliphatic heterocycles. The SMILES string of the molecule is CN(C)c1ccc(C(=O)Nc2cc(SCCC#N)c(NC(=O)c3ccc(C#N)cc3)cc2SCCC#N)cc1. The molecule has 3 aromatic rings. The highest BCUT2D eigenvalue weighted by Crippen LogP contribution is 2.38. The fraction of sp³-hybridized carbons (Fsp3) is 0.207. The number of nitriles is 3. The normalized spacial score (nSPS) is 10.0. The molecular weight excluding hydrogens is 528 g/mol. The standard InChI is InChI=1S/C29H26N6O2S2/c1-35(2)23-11-9-22(10-12-23)29(37)34-25-18-26(38-15-3-13-30)24(17-27(25)39-16-4-14-31)33-28(36)21-7-5-20(19-32)6-8-21/h5-12,17-18H,3-4,15-16H2,1-2H3,(H,33,36)(H,34,37). The Hall–Kier alpha value is -4.43. The van der Waals surface area contributed by atoms with Crippen molar-refractivity contribution >= 4 is 52.4 Å². The number of rotatable bonds is 11. The van der Waals surface area contributed by atoms with Crippen LogP contribution in [0, 0.1) is 34.0 Å². The highest BCUT2D eigenvalue weighted by Gasteiger charge is 2.17. The zero-order valence-electron chi connectivity index (χ0n) is 21.5. The van der Waals surface area contributed by atoms with Gasteiger partial charge in [-0.15, -0.1) is 23.5 Å². The number of thioether (sulfide) groups is 2. The first-order valence-electron chi connectivity index (χ1n) is 11.9. The first kappa shape index (κ1) is 29.1. The summed E-state index contributed by atoms with van der Waals surface area (Å²) in [6, 6.07) is 23.4. The van der Waals surface area contributed by atoms with Crippen molar-refractivity contribution in [1.29, 1.82) is 15.8 Å². The van der Waals surface area contributed by atoms with Gasteiger partial charge < -0.3 is 15.5 Å². The Kier molecular flexibility index (Phi) is 10.8. The molecule has 3 rings (SSSR count). The zero-order chi connectivity index (χ0) is 28.2. The predicted molar refractivity (Wildman–Crippen MR) is 156 cm³/mol. The molecule has 2 amide bonds. The summed E-state index contributed by atoms with van der Waals surface area (Å²) in [4.78, 5) is 29.5. The van der Waals surface area contributed by atoms with E-state index in [2.05, 4.69) is 22.8 Å². The van der Waals surface area contributed by atoms with Crippen LogP contribution >= 0.6 is 23.5 Å². The average Bonchev–Trinajstić information content (AvgIpc) is 2.95. The molecule has 0 saturated carbocycles. The Morgan fingerprint density at radius 1 is 0.744 bits per heavy atom. The number of benzene rings is 3. The van der Waals surface area contributed by atoms with Crippen LogP contribution < -0.4 is 15.5 Å². The summed E-state index contributed by atoms with van der Waals surface area (Å²) in [6.45, 7) is 0. The lowest BCUT2D eigenvalue weighted by atomic mass is 10.1. The van der Waals surface area contributed by atoms with E-state index in [1.165, 1.54) is 23.5 Å². The van der Waals surface area contributed by atoms with Gasteiger partial charge in [0, 0.05) is 65.0 Å². The van der Waals surface area contributed by atoms with Crippen LogP contribution in [0.15, 0.2) is 70.5 Å². The molecule has 0 unspecified atom stereocenters. The molecule has 0 saturated heterocycles. The Morgan fingerprint density at radius 2 is 1.18 bits per heavy atom. The van der Waals surface area contributed by atoms with Crippen LogP contribution in [-0.2, 0) is 0 Å². The minimum Gasteiger partial charge on any atom is -0.378 e. The molecule has 8 nitrogen and oxygen atoms in total. The lowest BCUT2D eigenvalue weighted by Gasteiger charge is -2.18. The third-order valence-electron chi connectivity index (χ3n) is 5.44. The van der Waals surface area contributed by atoms with E-state index in [9.17, 15) is 9.59 Å². The minimum absolute atomic E-state index is 0.287. The molecule has 10 heteroatoms. The second kappa shape index (κ2) is 14.5.